The van der Waals surface area contributed by atoms with Crippen molar-refractivity contribution in [3.8, 4) is 0 Å². The Morgan fingerprint density at radius 3 is 1.75 bits per heavy atom. The van der Waals surface area contributed by atoms with E-state index >= 15 is 0 Å². The molecule has 0 heterocycles. The largest absolute Gasteiger partial charge is 0.416 e. The molecule has 0 aliphatic carbocycles. The fourth-order valence-corrected chi connectivity index (χ4v) is 2.95. The molecule has 0 saturated carbocycles. The van der Waals surface area contributed by atoms with Crippen LogP contribution < -0.4 is 0 Å². The third kappa shape index (κ3) is 5.19. The molecule has 0 aliphatic heterocycles. The van der Waals surface area contributed by atoms with Crippen LogP contribution >= 0.6 is 0 Å². The Balaban J connectivity index is 2.31. The number of nitrogens with zero attached hydrogens (tertiary/aromatic N) is 1. The zero-order valence-corrected chi connectivity index (χ0v) is 14.2. The van der Waals surface area contributed by atoms with Crippen molar-refractivity contribution in [1.29, 1.82) is 0 Å². The summed E-state index contributed by atoms with van der Waals surface area (Å²) in [5.41, 5.74) is -4.33. The van der Waals surface area contributed by atoms with Gasteiger partial charge in [0.15, 0.2) is 0 Å². The summed E-state index contributed by atoms with van der Waals surface area (Å²) < 4.78 is 105. The molecule has 0 spiro atoms. The molecule has 0 N–H and O–H groups in total. The van der Waals surface area contributed by atoms with Gasteiger partial charge in [-0.3, -0.25) is 14.3 Å². The minimum absolute atomic E-state index is 0.103. The van der Waals surface area contributed by atoms with Gasteiger partial charge < -0.3 is 0 Å². The standard InChI is InChI=1S/C15H9F6NO5S/c16-14(17,18)10-5-9(6-11(7-10)15(19,20)21)8-27-28(25,26)13-3-1-12(2-4-13)22(23)24/h1-7H,8H2. The van der Waals surface area contributed by atoms with E-state index in [-0.39, 0.29) is 6.07 Å². The quantitative estimate of drug-likeness (QED) is 0.302. The molecule has 0 fully saturated rings. The lowest BCUT2D eigenvalue weighted by Crippen LogP contribution is -2.13. The molecular weight excluding hydrogens is 420 g/mol. The molecule has 13 heteroatoms. The summed E-state index contributed by atoms with van der Waals surface area (Å²) in [7, 11) is -4.58. The predicted molar refractivity (Wildman–Crippen MR) is 81.5 cm³/mol. The second-order valence-corrected chi connectivity index (χ2v) is 7.00. The zero-order valence-electron chi connectivity index (χ0n) is 13.4. The Bertz CT molecular complexity index is 951. The SMILES string of the molecule is O=[N+]([O-])c1ccc(S(=O)(=O)OCc2cc(C(F)(F)F)cc(C(F)(F)F)c2)cc1. The first-order valence-corrected chi connectivity index (χ1v) is 8.53. The van der Waals surface area contributed by atoms with Gasteiger partial charge in [-0.2, -0.15) is 34.8 Å². The van der Waals surface area contributed by atoms with Gasteiger partial charge in [-0.25, -0.2) is 0 Å². The average Bonchev–Trinajstić information content (AvgIpc) is 2.58. The molecule has 0 radical (unpaired) electrons. The molecule has 0 bridgehead atoms. The van der Waals surface area contributed by atoms with Crippen molar-refractivity contribution in [3.05, 3.63) is 69.3 Å². The van der Waals surface area contributed by atoms with E-state index in [2.05, 4.69) is 4.18 Å². The first-order valence-electron chi connectivity index (χ1n) is 7.12. The van der Waals surface area contributed by atoms with Crippen LogP contribution in [0, 0.1) is 10.1 Å². The number of rotatable bonds is 5. The minimum Gasteiger partial charge on any atom is -0.262 e. The van der Waals surface area contributed by atoms with E-state index < -0.39 is 61.3 Å². The summed E-state index contributed by atoms with van der Waals surface area (Å²) in [6, 6.07) is 3.90. The maximum atomic E-state index is 12.8. The average molecular weight is 429 g/mol. The third-order valence-corrected chi connectivity index (χ3v) is 4.64. The molecule has 28 heavy (non-hydrogen) atoms. The van der Waals surface area contributed by atoms with Crippen molar-refractivity contribution < 1.29 is 43.9 Å². The van der Waals surface area contributed by atoms with Gasteiger partial charge in [0.2, 0.25) is 0 Å². The molecule has 6 nitrogen and oxygen atoms in total. The highest BCUT2D eigenvalue weighted by Crippen LogP contribution is 2.36. The molecule has 2 aromatic carbocycles. The lowest BCUT2D eigenvalue weighted by Gasteiger charge is -2.14. The maximum absolute atomic E-state index is 12.8. The molecular formula is C15H9F6NO5S. The first kappa shape index (κ1) is 21.6. The Morgan fingerprint density at radius 1 is 0.893 bits per heavy atom. The second-order valence-electron chi connectivity index (χ2n) is 5.38. The van der Waals surface area contributed by atoms with Gasteiger partial charge in [0.25, 0.3) is 15.8 Å². The highest BCUT2D eigenvalue weighted by atomic mass is 32.2. The smallest absolute Gasteiger partial charge is 0.262 e. The fraction of sp³-hybridized carbons (Fsp3) is 0.200. The highest BCUT2D eigenvalue weighted by molar-refractivity contribution is 7.86. The summed E-state index contributed by atoms with van der Waals surface area (Å²) in [5.74, 6) is 0. The van der Waals surface area contributed by atoms with Gasteiger partial charge in [-0.15, -0.1) is 0 Å². The Labute approximate surface area is 153 Å². The third-order valence-electron chi connectivity index (χ3n) is 3.36. The summed E-state index contributed by atoms with van der Waals surface area (Å²) in [4.78, 5) is 9.19. The van der Waals surface area contributed by atoms with Crippen LogP contribution in [0.4, 0.5) is 32.0 Å². The van der Waals surface area contributed by atoms with Crippen LogP contribution in [0.3, 0.4) is 0 Å². The van der Waals surface area contributed by atoms with Gasteiger partial charge in [-0.05, 0) is 35.9 Å². The van der Waals surface area contributed by atoms with E-state index in [0.29, 0.717) is 12.1 Å². The van der Waals surface area contributed by atoms with Gasteiger partial charge in [-0.1, -0.05) is 0 Å². The molecule has 0 saturated heterocycles. The number of halogens is 6. The van der Waals surface area contributed by atoms with Crippen molar-refractivity contribution in [2.75, 3.05) is 0 Å². The molecule has 2 aromatic rings. The number of benzene rings is 2. The molecule has 0 amide bonds. The van der Waals surface area contributed by atoms with Gasteiger partial charge in [0.05, 0.1) is 27.6 Å². The maximum Gasteiger partial charge on any atom is 0.416 e. The summed E-state index contributed by atoms with van der Waals surface area (Å²) in [6.07, 6.45) is -10.2. The van der Waals surface area contributed by atoms with Gasteiger partial charge in [0.1, 0.15) is 0 Å². The van der Waals surface area contributed by atoms with Crippen molar-refractivity contribution in [2.45, 2.75) is 23.9 Å². The van der Waals surface area contributed by atoms with Crippen molar-refractivity contribution in [2.24, 2.45) is 0 Å². The van der Waals surface area contributed by atoms with Crippen molar-refractivity contribution in [3.63, 3.8) is 0 Å². The lowest BCUT2D eigenvalue weighted by atomic mass is 10.1. The number of nitro benzene ring substituents is 1. The molecule has 0 aliphatic rings. The van der Waals surface area contributed by atoms with E-state index in [1.807, 2.05) is 0 Å². The fourth-order valence-electron chi connectivity index (χ4n) is 2.05. The van der Waals surface area contributed by atoms with E-state index in [1.165, 1.54) is 0 Å². The van der Waals surface area contributed by atoms with E-state index in [4.69, 9.17) is 0 Å². The highest BCUT2D eigenvalue weighted by Gasteiger charge is 2.37. The van der Waals surface area contributed by atoms with E-state index in [1.54, 1.807) is 0 Å². The first-order chi connectivity index (χ1) is 12.7. The van der Waals surface area contributed by atoms with Crippen LogP contribution in [-0.4, -0.2) is 13.3 Å². The van der Waals surface area contributed by atoms with E-state index in [9.17, 15) is 44.9 Å². The zero-order chi connectivity index (χ0) is 21.3. The number of hydrogen-bond donors (Lipinski definition) is 0. The van der Waals surface area contributed by atoms with E-state index in [0.717, 1.165) is 24.3 Å². The molecule has 152 valence electrons. The number of non-ortho nitro benzene ring substituents is 1. The predicted octanol–water partition coefficient (Wildman–Crippen LogP) is 4.54. The number of alkyl halides is 6. The Kier molecular flexibility index (Phi) is 5.71. The molecule has 0 atom stereocenters. The van der Waals surface area contributed by atoms with Crippen LogP contribution in [0.2, 0.25) is 0 Å². The summed E-state index contributed by atoms with van der Waals surface area (Å²) in [5, 5.41) is 10.5. The number of nitro groups is 1. The normalized spacial score (nSPS) is 12.8. The van der Waals surface area contributed by atoms with Gasteiger partial charge >= 0.3 is 12.4 Å². The van der Waals surface area contributed by atoms with Crippen LogP contribution in [0.15, 0.2) is 47.4 Å². The molecule has 2 rings (SSSR count). The van der Waals surface area contributed by atoms with Crippen LogP contribution in [0.5, 0.6) is 0 Å². The second kappa shape index (κ2) is 7.39. The Morgan fingerprint density at radius 2 is 1.36 bits per heavy atom. The van der Waals surface area contributed by atoms with Crippen molar-refractivity contribution in [1.82, 2.24) is 0 Å². The number of hydrogen-bond acceptors (Lipinski definition) is 5. The Hall–Kier alpha value is -2.67. The van der Waals surface area contributed by atoms with Crippen LogP contribution in [0.1, 0.15) is 16.7 Å². The lowest BCUT2D eigenvalue weighted by molar-refractivity contribution is -0.384. The monoisotopic (exact) mass is 429 g/mol. The van der Waals surface area contributed by atoms with Crippen molar-refractivity contribution >= 4 is 15.8 Å². The topological polar surface area (TPSA) is 86.5 Å². The summed E-state index contributed by atoms with van der Waals surface area (Å²) in [6.45, 7) is -1.10. The molecule has 0 aromatic heterocycles. The van der Waals surface area contributed by atoms with Crippen LogP contribution in [-0.2, 0) is 33.3 Å². The molecule has 0 unspecified atom stereocenters. The van der Waals surface area contributed by atoms with Gasteiger partial charge in [0, 0.05) is 12.1 Å². The summed E-state index contributed by atoms with van der Waals surface area (Å²) >= 11 is 0. The minimum atomic E-state index is -5.09. The van der Waals surface area contributed by atoms with Crippen LogP contribution in [0.25, 0.3) is 0 Å².